The smallest absolute Gasteiger partial charge is 0.270 e. The molecule has 0 unspecified atom stereocenters. The van der Waals surface area contributed by atoms with Crippen LogP contribution in [0.5, 0.6) is 23.0 Å². The van der Waals surface area contributed by atoms with Crippen molar-refractivity contribution in [3.05, 3.63) is 118 Å². The fourth-order valence-corrected chi connectivity index (χ4v) is 6.30. The van der Waals surface area contributed by atoms with Gasteiger partial charge in [0.2, 0.25) is 0 Å². The Hall–Kier alpha value is -6.12. The first kappa shape index (κ1) is 44.6. The number of ether oxygens (including phenoxy) is 4. The number of hydrogen-bond acceptors (Lipinski definition) is 11. The zero-order chi connectivity index (χ0) is 42.6. The van der Waals surface area contributed by atoms with E-state index in [1.807, 2.05) is 67.5 Å². The Morgan fingerprint density at radius 2 is 1.07 bits per heavy atom. The molecule has 0 aliphatic rings. The van der Waals surface area contributed by atoms with Crippen LogP contribution in [0.3, 0.4) is 0 Å². The van der Waals surface area contributed by atoms with E-state index in [0.29, 0.717) is 58.6 Å². The quantitative estimate of drug-likeness (QED) is 0.0839. The highest BCUT2D eigenvalue weighted by Crippen LogP contribution is 2.30. The third-order valence-corrected chi connectivity index (χ3v) is 10.5. The molecule has 3 amide bonds. The number of aromatic nitrogens is 1. The number of thiazole rings is 1. The maximum absolute atomic E-state index is 12.7. The van der Waals surface area contributed by atoms with Gasteiger partial charge in [0.05, 0.1) is 28.4 Å². The fourth-order valence-electron chi connectivity index (χ4n) is 5.56. The number of carbonyl (C=O) groups is 3. The molecule has 308 valence electrons. The molecule has 13 nitrogen and oxygen atoms in total. The topological polar surface area (TPSA) is 166 Å². The Labute approximate surface area is 344 Å². The molecule has 0 bridgehead atoms. The molecule has 0 saturated carbocycles. The summed E-state index contributed by atoms with van der Waals surface area (Å²) in [5, 5.41) is 11.3. The summed E-state index contributed by atoms with van der Waals surface area (Å²) in [5.41, 5.74) is 10.3. The number of amides is 3. The van der Waals surface area contributed by atoms with Gasteiger partial charge in [-0.15, -0.1) is 11.3 Å². The zero-order valence-corrected chi connectivity index (χ0v) is 35.6. The second-order valence-electron chi connectivity index (χ2n) is 14.8. The van der Waals surface area contributed by atoms with Crippen LogP contribution in [0.2, 0.25) is 0 Å². The Balaban J connectivity index is 0.000000273. The van der Waals surface area contributed by atoms with Crippen molar-refractivity contribution in [1.29, 1.82) is 0 Å². The molecule has 5 rings (SSSR count). The second-order valence-corrected chi connectivity index (χ2v) is 15.6. The SMILES string of the molecule is COc1ccc(C(=O)Nc2ccc(C(C)(C)CN)cc2)cc1OC.COc1ccc(C(=O)Nc2ccc(C(C)(C)CNC(=O)c3csc(N(C)C)n3)cc2)cc1OC. The van der Waals surface area contributed by atoms with E-state index < -0.39 is 0 Å². The lowest BCUT2D eigenvalue weighted by molar-refractivity contribution is 0.0940. The van der Waals surface area contributed by atoms with Crippen molar-refractivity contribution in [2.45, 2.75) is 38.5 Å². The lowest BCUT2D eigenvalue weighted by atomic mass is 9.84. The predicted molar refractivity (Wildman–Crippen MR) is 232 cm³/mol. The molecule has 5 aromatic rings. The third kappa shape index (κ3) is 11.5. The van der Waals surface area contributed by atoms with Crippen molar-refractivity contribution >= 4 is 45.6 Å². The summed E-state index contributed by atoms with van der Waals surface area (Å²) in [6.45, 7) is 9.28. The lowest BCUT2D eigenvalue weighted by Crippen LogP contribution is -2.36. The molecule has 0 saturated heterocycles. The van der Waals surface area contributed by atoms with E-state index in [1.54, 1.807) is 56.0 Å². The Kier molecular flexibility index (Phi) is 15.3. The minimum absolute atomic E-state index is 0.0914. The molecular formula is C44H54N6O7S. The summed E-state index contributed by atoms with van der Waals surface area (Å²) in [5.74, 6) is 1.50. The van der Waals surface area contributed by atoms with Gasteiger partial charge in [0.15, 0.2) is 28.1 Å². The molecule has 0 fully saturated rings. The number of methoxy groups -OCH3 is 4. The van der Waals surface area contributed by atoms with Gasteiger partial charge >= 0.3 is 0 Å². The largest absolute Gasteiger partial charge is 0.493 e. The van der Waals surface area contributed by atoms with Gasteiger partial charge in [-0.05, 0) is 71.8 Å². The van der Waals surface area contributed by atoms with Crippen LogP contribution < -0.4 is 45.5 Å². The summed E-state index contributed by atoms with van der Waals surface area (Å²) in [6, 6.07) is 25.4. The molecule has 58 heavy (non-hydrogen) atoms. The summed E-state index contributed by atoms with van der Waals surface area (Å²) in [6.07, 6.45) is 0. The van der Waals surface area contributed by atoms with Gasteiger partial charge in [-0.25, -0.2) is 4.98 Å². The van der Waals surface area contributed by atoms with Gasteiger partial charge in [0.1, 0.15) is 5.69 Å². The molecule has 14 heteroatoms. The van der Waals surface area contributed by atoms with Crippen LogP contribution in [0.25, 0.3) is 0 Å². The monoisotopic (exact) mass is 810 g/mol. The van der Waals surface area contributed by atoms with Crippen LogP contribution in [-0.2, 0) is 10.8 Å². The molecule has 1 heterocycles. The molecule has 0 aliphatic heterocycles. The van der Waals surface area contributed by atoms with E-state index in [2.05, 4.69) is 48.6 Å². The molecule has 5 N–H and O–H groups in total. The number of anilines is 3. The first-order valence-corrected chi connectivity index (χ1v) is 19.3. The van der Waals surface area contributed by atoms with E-state index in [9.17, 15) is 14.4 Å². The van der Waals surface area contributed by atoms with Crippen LogP contribution >= 0.6 is 11.3 Å². The molecule has 0 aliphatic carbocycles. The summed E-state index contributed by atoms with van der Waals surface area (Å²) < 4.78 is 20.9. The lowest BCUT2D eigenvalue weighted by Gasteiger charge is -2.25. The number of nitrogens with one attached hydrogen (secondary N) is 3. The van der Waals surface area contributed by atoms with Gasteiger partial charge in [-0.3, -0.25) is 14.4 Å². The highest BCUT2D eigenvalue weighted by atomic mass is 32.1. The minimum atomic E-state index is -0.318. The van der Waals surface area contributed by atoms with Gasteiger partial charge in [0, 0.05) is 65.9 Å². The van der Waals surface area contributed by atoms with E-state index in [-0.39, 0.29) is 28.6 Å². The first-order valence-electron chi connectivity index (χ1n) is 18.4. The van der Waals surface area contributed by atoms with Crippen molar-refractivity contribution in [3.8, 4) is 23.0 Å². The average molecular weight is 811 g/mol. The van der Waals surface area contributed by atoms with Crippen molar-refractivity contribution in [1.82, 2.24) is 10.3 Å². The molecule has 0 spiro atoms. The van der Waals surface area contributed by atoms with Crippen LogP contribution in [-0.4, -0.2) is 78.3 Å². The van der Waals surface area contributed by atoms with E-state index in [4.69, 9.17) is 24.7 Å². The standard InChI is InChI=1S/C25H30N4O4S.C19H24N2O3/c1-25(2,15-26-23(31)19-14-34-24(28-19)29(3)4)17-8-10-18(11-9-17)27-22(30)16-7-12-20(32-5)21(13-16)33-6;1-19(2,12-20)14-6-8-15(9-7-14)21-18(22)13-5-10-16(23-3)17(11-13)24-4/h7-14H,15H2,1-6H3,(H,26,31)(H,27,30);5-11H,12,20H2,1-4H3,(H,21,22). The molecule has 0 radical (unpaired) electrons. The third-order valence-electron chi connectivity index (χ3n) is 9.45. The second kappa shape index (κ2) is 19.8. The molecule has 4 aromatic carbocycles. The van der Waals surface area contributed by atoms with Gasteiger partial charge in [-0.2, -0.15) is 0 Å². The van der Waals surface area contributed by atoms with Crippen LogP contribution in [0.15, 0.2) is 90.3 Å². The van der Waals surface area contributed by atoms with Gasteiger partial charge < -0.3 is 45.5 Å². The van der Waals surface area contributed by atoms with Crippen LogP contribution in [0, 0.1) is 0 Å². The number of nitrogens with two attached hydrogens (primary N) is 1. The number of benzene rings is 4. The Bertz CT molecular complexity index is 2170. The summed E-state index contributed by atoms with van der Waals surface area (Å²) in [7, 11) is 9.96. The maximum atomic E-state index is 12.7. The maximum Gasteiger partial charge on any atom is 0.270 e. The first-order chi connectivity index (χ1) is 27.5. The van der Waals surface area contributed by atoms with Crippen LogP contribution in [0.4, 0.5) is 16.5 Å². The number of rotatable bonds is 15. The normalized spacial score (nSPS) is 11.0. The Morgan fingerprint density at radius 3 is 1.45 bits per heavy atom. The van der Waals surface area contributed by atoms with Crippen molar-refractivity contribution in [2.75, 3.05) is 71.2 Å². The van der Waals surface area contributed by atoms with E-state index >= 15 is 0 Å². The molecule has 0 atom stereocenters. The predicted octanol–water partition coefficient (Wildman–Crippen LogP) is 7.38. The summed E-state index contributed by atoms with van der Waals surface area (Å²) in [4.78, 5) is 43.8. The van der Waals surface area contributed by atoms with E-state index in [0.717, 1.165) is 21.9 Å². The number of hydrogen-bond donors (Lipinski definition) is 4. The Morgan fingerprint density at radius 1 is 0.638 bits per heavy atom. The highest BCUT2D eigenvalue weighted by Gasteiger charge is 2.23. The average Bonchev–Trinajstić information content (AvgIpc) is 3.74. The van der Waals surface area contributed by atoms with E-state index in [1.165, 1.54) is 25.6 Å². The van der Waals surface area contributed by atoms with Crippen molar-refractivity contribution in [3.63, 3.8) is 0 Å². The molecular weight excluding hydrogens is 757 g/mol. The van der Waals surface area contributed by atoms with Crippen LogP contribution in [0.1, 0.15) is 70.0 Å². The number of carbonyl (C=O) groups excluding carboxylic acids is 3. The summed E-state index contributed by atoms with van der Waals surface area (Å²) >= 11 is 1.43. The molecule has 1 aromatic heterocycles. The fraction of sp³-hybridized carbons (Fsp3) is 0.318. The highest BCUT2D eigenvalue weighted by molar-refractivity contribution is 7.13. The zero-order valence-electron chi connectivity index (χ0n) is 34.8. The number of nitrogens with zero attached hydrogens (tertiary/aromatic N) is 2. The van der Waals surface area contributed by atoms with Gasteiger partial charge in [-0.1, -0.05) is 52.0 Å². The van der Waals surface area contributed by atoms with Crippen molar-refractivity contribution in [2.24, 2.45) is 5.73 Å². The minimum Gasteiger partial charge on any atom is -0.493 e. The van der Waals surface area contributed by atoms with Crippen molar-refractivity contribution < 1.29 is 33.3 Å². The van der Waals surface area contributed by atoms with Gasteiger partial charge in [0.25, 0.3) is 17.7 Å².